The summed E-state index contributed by atoms with van der Waals surface area (Å²) in [7, 11) is 0. The van der Waals surface area contributed by atoms with E-state index in [4.69, 9.17) is 0 Å². The van der Waals surface area contributed by atoms with Gasteiger partial charge in [0.2, 0.25) is 5.67 Å². The van der Waals surface area contributed by atoms with Gasteiger partial charge in [-0.15, -0.1) is 0 Å². The van der Waals surface area contributed by atoms with E-state index in [9.17, 15) is 17.6 Å². The molecular formula is C9H14F4. The first-order valence-corrected chi connectivity index (χ1v) is 4.61. The average molecular weight is 198 g/mol. The highest BCUT2D eigenvalue weighted by Gasteiger charge is 2.56. The summed E-state index contributed by atoms with van der Waals surface area (Å²) < 4.78 is 50.1. The lowest BCUT2D eigenvalue weighted by Crippen LogP contribution is -2.45. The molecule has 0 N–H and O–H groups in total. The minimum atomic E-state index is -4.71. The number of alkyl halides is 4. The zero-order valence-corrected chi connectivity index (χ0v) is 7.62. The quantitative estimate of drug-likeness (QED) is 0.561. The van der Waals surface area contributed by atoms with Crippen molar-refractivity contribution >= 4 is 0 Å². The lowest BCUT2D eigenvalue weighted by atomic mass is 9.78. The van der Waals surface area contributed by atoms with Crippen LogP contribution in [-0.4, -0.2) is 11.8 Å². The summed E-state index contributed by atoms with van der Waals surface area (Å²) >= 11 is 0. The largest absolute Gasteiger partial charge is 0.422 e. The van der Waals surface area contributed by atoms with Crippen molar-refractivity contribution in [2.45, 2.75) is 50.9 Å². The van der Waals surface area contributed by atoms with Crippen LogP contribution in [0.25, 0.3) is 0 Å². The third-order valence-corrected chi connectivity index (χ3v) is 2.93. The van der Waals surface area contributed by atoms with Crippen LogP contribution in [-0.2, 0) is 0 Å². The molecular weight excluding hydrogens is 184 g/mol. The predicted octanol–water partition coefficient (Wildman–Crippen LogP) is 3.86. The van der Waals surface area contributed by atoms with Crippen LogP contribution in [0.1, 0.15) is 39.0 Å². The Labute approximate surface area is 75.3 Å². The van der Waals surface area contributed by atoms with Crippen molar-refractivity contribution in [2.75, 3.05) is 0 Å². The van der Waals surface area contributed by atoms with Crippen LogP contribution in [0.4, 0.5) is 17.6 Å². The van der Waals surface area contributed by atoms with Gasteiger partial charge in [-0.25, -0.2) is 4.39 Å². The molecule has 0 aromatic rings. The molecule has 1 rings (SSSR count). The van der Waals surface area contributed by atoms with E-state index in [0.717, 1.165) is 19.3 Å². The monoisotopic (exact) mass is 198 g/mol. The summed E-state index contributed by atoms with van der Waals surface area (Å²) in [6.07, 6.45) is -1.60. The predicted molar refractivity (Wildman–Crippen MR) is 42.1 cm³/mol. The van der Waals surface area contributed by atoms with Crippen LogP contribution < -0.4 is 0 Å². The van der Waals surface area contributed by atoms with Crippen LogP contribution in [0.2, 0.25) is 0 Å². The molecule has 0 heterocycles. The molecule has 13 heavy (non-hydrogen) atoms. The van der Waals surface area contributed by atoms with Gasteiger partial charge in [0.15, 0.2) is 0 Å². The Kier molecular flexibility index (Phi) is 2.88. The number of rotatable bonds is 1. The molecule has 1 saturated carbocycles. The normalized spacial score (nSPS) is 25.6. The molecule has 0 saturated heterocycles. The molecule has 0 bridgehead atoms. The van der Waals surface area contributed by atoms with Crippen molar-refractivity contribution in [3.63, 3.8) is 0 Å². The van der Waals surface area contributed by atoms with Gasteiger partial charge in [0.05, 0.1) is 0 Å². The summed E-state index contributed by atoms with van der Waals surface area (Å²) in [6.45, 7) is 0.670. The van der Waals surface area contributed by atoms with Gasteiger partial charge in [0.1, 0.15) is 0 Å². The minimum absolute atomic E-state index is 0.368. The maximum Gasteiger partial charge on any atom is 0.422 e. The molecule has 0 amide bonds. The Hall–Kier alpha value is -0.280. The Balaban J connectivity index is 2.67. The Bertz CT molecular complexity index is 165. The first kappa shape index (κ1) is 10.8. The van der Waals surface area contributed by atoms with Crippen LogP contribution >= 0.6 is 0 Å². The molecule has 4 heteroatoms. The minimum Gasteiger partial charge on any atom is -0.234 e. The first-order valence-electron chi connectivity index (χ1n) is 4.61. The third-order valence-electron chi connectivity index (χ3n) is 2.93. The van der Waals surface area contributed by atoms with Crippen molar-refractivity contribution < 1.29 is 17.6 Å². The summed E-state index contributed by atoms with van der Waals surface area (Å²) in [5, 5.41) is 0. The number of halogens is 4. The van der Waals surface area contributed by atoms with Crippen molar-refractivity contribution in [2.24, 2.45) is 5.92 Å². The highest BCUT2D eigenvalue weighted by Crippen LogP contribution is 2.45. The Morgan fingerprint density at radius 3 is 1.77 bits per heavy atom. The zero-order valence-electron chi connectivity index (χ0n) is 7.62. The lowest BCUT2D eigenvalue weighted by molar-refractivity contribution is -0.244. The van der Waals surface area contributed by atoms with Crippen LogP contribution in [0.3, 0.4) is 0 Å². The molecule has 78 valence electrons. The van der Waals surface area contributed by atoms with Crippen molar-refractivity contribution in [3.8, 4) is 0 Å². The maximum absolute atomic E-state index is 13.4. The molecule has 1 unspecified atom stereocenters. The zero-order chi connectivity index (χ0) is 10.1. The van der Waals surface area contributed by atoms with Gasteiger partial charge in [-0.3, -0.25) is 0 Å². The second kappa shape index (κ2) is 3.46. The lowest BCUT2D eigenvalue weighted by Gasteiger charge is -2.34. The van der Waals surface area contributed by atoms with E-state index in [0.29, 0.717) is 19.8 Å². The van der Waals surface area contributed by atoms with Crippen LogP contribution in [0.15, 0.2) is 0 Å². The average Bonchev–Trinajstić information content (AvgIpc) is 2.04. The fourth-order valence-corrected chi connectivity index (χ4v) is 1.88. The van der Waals surface area contributed by atoms with E-state index in [-0.39, 0.29) is 0 Å². The highest BCUT2D eigenvalue weighted by molar-refractivity contribution is 4.90. The van der Waals surface area contributed by atoms with Crippen molar-refractivity contribution in [1.82, 2.24) is 0 Å². The summed E-state index contributed by atoms with van der Waals surface area (Å²) in [5.41, 5.74) is -2.99. The molecule has 0 nitrogen and oxygen atoms in total. The molecule has 1 atom stereocenters. The molecule has 1 fully saturated rings. The smallest absolute Gasteiger partial charge is 0.234 e. The number of hydrogen-bond donors (Lipinski definition) is 0. The molecule has 0 aromatic heterocycles. The van der Waals surface area contributed by atoms with E-state index in [1.807, 2.05) is 0 Å². The molecule has 0 spiro atoms. The highest BCUT2D eigenvalue weighted by atomic mass is 19.4. The van der Waals surface area contributed by atoms with E-state index in [1.54, 1.807) is 0 Å². The standard InChI is InChI=1S/C9H14F4/c1-8(10,9(11,12)13)7-5-3-2-4-6-7/h7H,2-6H2,1H3. The van der Waals surface area contributed by atoms with E-state index in [1.165, 1.54) is 0 Å². The van der Waals surface area contributed by atoms with E-state index in [2.05, 4.69) is 0 Å². The first-order chi connectivity index (χ1) is 5.86. The van der Waals surface area contributed by atoms with Gasteiger partial charge in [-0.1, -0.05) is 19.3 Å². The van der Waals surface area contributed by atoms with Gasteiger partial charge < -0.3 is 0 Å². The SMILES string of the molecule is CC(F)(C1CCCCC1)C(F)(F)F. The number of hydrogen-bond acceptors (Lipinski definition) is 0. The summed E-state index contributed by atoms with van der Waals surface area (Å²) in [4.78, 5) is 0. The molecule has 0 aliphatic heterocycles. The van der Waals surface area contributed by atoms with Crippen LogP contribution in [0.5, 0.6) is 0 Å². The summed E-state index contributed by atoms with van der Waals surface area (Å²) in [5.74, 6) is -0.832. The fourth-order valence-electron chi connectivity index (χ4n) is 1.88. The molecule has 0 radical (unpaired) electrons. The van der Waals surface area contributed by atoms with Gasteiger partial charge >= 0.3 is 6.18 Å². The topological polar surface area (TPSA) is 0 Å². The van der Waals surface area contributed by atoms with E-state index >= 15 is 0 Å². The van der Waals surface area contributed by atoms with Crippen LogP contribution in [0, 0.1) is 5.92 Å². The molecule has 1 aliphatic carbocycles. The Morgan fingerprint density at radius 1 is 0.923 bits per heavy atom. The Morgan fingerprint density at radius 2 is 1.38 bits per heavy atom. The fraction of sp³-hybridized carbons (Fsp3) is 1.00. The van der Waals surface area contributed by atoms with Gasteiger partial charge in [0.25, 0.3) is 0 Å². The maximum atomic E-state index is 13.4. The second-order valence-corrected chi connectivity index (χ2v) is 3.91. The van der Waals surface area contributed by atoms with Gasteiger partial charge in [-0.05, 0) is 19.8 Å². The van der Waals surface area contributed by atoms with E-state index < -0.39 is 17.8 Å². The summed E-state index contributed by atoms with van der Waals surface area (Å²) in [6, 6.07) is 0. The van der Waals surface area contributed by atoms with Crippen molar-refractivity contribution in [3.05, 3.63) is 0 Å². The second-order valence-electron chi connectivity index (χ2n) is 3.91. The molecule has 0 aromatic carbocycles. The van der Waals surface area contributed by atoms with Gasteiger partial charge in [0, 0.05) is 5.92 Å². The van der Waals surface area contributed by atoms with Crippen molar-refractivity contribution in [1.29, 1.82) is 0 Å². The third kappa shape index (κ3) is 2.15. The molecule has 1 aliphatic rings. The van der Waals surface area contributed by atoms with Gasteiger partial charge in [-0.2, -0.15) is 13.2 Å².